The molecule has 2 atom stereocenters. The molecule has 0 saturated heterocycles. The molecule has 0 aromatic carbocycles. The van der Waals surface area contributed by atoms with Crippen LogP contribution in [0.25, 0.3) is 0 Å². The van der Waals surface area contributed by atoms with Crippen LogP contribution in [0.4, 0.5) is 4.79 Å². The van der Waals surface area contributed by atoms with Gasteiger partial charge in [-0.15, -0.1) is 0 Å². The van der Waals surface area contributed by atoms with Gasteiger partial charge in [0.1, 0.15) is 5.60 Å². The lowest BCUT2D eigenvalue weighted by atomic mass is 9.83. The van der Waals surface area contributed by atoms with Gasteiger partial charge in [0.2, 0.25) is 0 Å². The first kappa shape index (κ1) is 19.2. The normalized spacial score (nSPS) is 22.6. The number of ether oxygens (including phenoxy) is 1. The number of hydrogen-bond acceptors (Lipinski definition) is 4. The molecule has 3 N–H and O–H groups in total. The van der Waals surface area contributed by atoms with E-state index in [0.717, 1.165) is 38.6 Å². The van der Waals surface area contributed by atoms with Gasteiger partial charge in [0.05, 0.1) is 0 Å². The summed E-state index contributed by atoms with van der Waals surface area (Å²) in [6.07, 6.45) is 4.56. The molecule has 0 heterocycles. The molecular weight excluding hydrogens is 280 g/mol. The van der Waals surface area contributed by atoms with Crippen LogP contribution in [0.5, 0.6) is 0 Å². The van der Waals surface area contributed by atoms with Crippen molar-refractivity contribution < 1.29 is 14.6 Å². The molecule has 22 heavy (non-hydrogen) atoms. The van der Waals surface area contributed by atoms with Crippen molar-refractivity contribution in [1.82, 2.24) is 10.6 Å². The van der Waals surface area contributed by atoms with Crippen molar-refractivity contribution in [2.45, 2.75) is 84.4 Å². The number of carbonyl (C=O) groups is 1. The molecule has 0 aromatic heterocycles. The van der Waals surface area contributed by atoms with Gasteiger partial charge in [-0.2, -0.15) is 0 Å². The SMILES string of the molecule is CCC(CC)(CO)CNC1CCC(NC(=O)OC(C)(C)C)C1. The average molecular weight is 314 g/mol. The van der Waals surface area contributed by atoms with Crippen LogP contribution in [-0.4, -0.2) is 42.0 Å². The minimum absolute atomic E-state index is 0.0172. The average Bonchev–Trinajstić information content (AvgIpc) is 2.86. The van der Waals surface area contributed by atoms with Crippen molar-refractivity contribution in [1.29, 1.82) is 0 Å². The molecule has 1 aliphatic carbocycles. The monoisotopic (exact) mass is 314 g/mol. The first-order valence-corrected chi connectivity index (χ1v) is 8.57. The Kier molecular flexibility index (Phi) is 7.13. The molecule has 130 valence electrons. The lowest BCUT2D eigenvalue weighted by Gasteiger charge is -2.31. The number of rotatable bonds is 7. The molecule has 0 aliphatic heterocycles. The van der Waals surface area contributed by atoms with Gasteiger partial charge in [-0.1, -0.05) is 13.8 Å². The molecule has 1 fully saturated rings. The molecule has 1 rings (SSSR count). The topological polar surface area (TPSA) is 70.6 Å². The minimum Gasteiger partial charge on any atom is -0.444 e. The standard InChI is InChI=1S/C17H34N2O3/c1-6-17(7-2,12-20)11-18-13-8-9-14(10-13)19-15(21)22-16(3,4)5/h13-14,18,20H,6-12H2,1-5H3,(H,19,21). The van der Waals surface area contributed by atoms with Gasteiger partial charge < -0.3 is 20.5 Å². The van der Waals surface area contributed by atoms with E-state index in [9.17, 15) is 9.90 Å². The van der Waals surface area contributed by atoms with Gasteiger partial charge in [-0.05, 0) is 52.9 Å². The van der Waals surface area contributed by atoms with Crippen molar-refractivity contribution in [3.8, 4) is 0 Å². The lowest BCUT2D eigenvalue weighted by molar-refractivity contribution is 0.0505. The van der Waals surface area contributed by atoms with E-state index in [2.05, 4.69) is 24.5 Å². The Balaban J connectivity index is 2.36. The molecule has 0 bridgehead atoms. The Hall–Kier alpha value is -0.810. The van der Waals surface area contributed by atoms with E-state index in [-0.39, 0.29) is 24.2 Å². The van der Waals surface area contributed by atoms with Crippen LogP contribution in [-0.2, 0) is 4.74 Å². The number of carbonyl (C=O) groups excluding carboxylic acids is 1. The van der Waals surface area contributed by atoms with Gasteiger partial charge in [0.25, 0.3) is 0 Å². The van der Waals surface area contributed by atoms with E-state index >= 15 is 0 Å². The second kappa shape index (κ2) is 8.16. The molecule has 0 aromatic rings. The fourth-order valence-electron chi connectivity index (χ4n) is 2.91. The largest absolute Gasteiger partial charge is 0.444 e. The number of aliphatic hydroxyl groups is 1. The molecule has 1 saturated carbocycles. The fourth-order valence-corrected chi connectivity index (χ4v) is 2.91. The second-order valence-corrected chi connectivity index (χ2v) is 7.60. The van der Waals surface area contributed by atoms with Crippen LogP contribution in [0, 0.1) is 5.41 Å². The Morgan fingerprint density at radius 1 is 1.18 bits per heavy atom. The van der Waals surface area contributed by atoms with E-state index in [1.165, 1.54) is 0 Å². The van der Waals surface area contributed by atoms with E-state index in [4.69, 9.17) is 4.74 Å². The number of aliphatic hydroxyl groups excluding tert-OH is 1. The summed E-state index contributed by atoms with van der Waals surface area (Å²) < 4.78 is 5.30. The van der Waals surface area contributed by atoms with Crippen molar-refractivity contribution >= 4 is 6.09 Å². The third kappa shape index (κ3) is 6.13. The van der Waals surface area contributed by atoms with Crippen LogP contribution in [0.2, 0.25) is 0 Å². The van der Waals surface area contributed by atoms with Gasteiger partial charge in [0.15, 0.2) is 0 Å². The summed E-state index contributed by atoms with van der Waals surface area (Å²) in [6.45, 7) is 10.9. The highest BCUT2D eigenvalue weighted by atomic mass is 16.6. The van der Waals surface area contributed by atoms with Crippen LogP contribution in [0.1, 0.15) is 66.7 Å². The summed E-state index contributed by atoms with van der Waals surface area (Å²) in [5, 5.41) is 16.1. The highest BCUT2D eigenvalue weighted by Gasteiger charge is 2.30. The summed E-state index contributed by atoms with van der Waals surface area (Å²) in [7, 11) is 0. The number of amides is 1. The molecule has 0 radical (unpaired) electrons. The predicted octanol–water partition coefficient (Wildman–Crippen LogP) is 2.82. The third-order valence-electron chi connectivity index (χ3n) is 4.75. The quantitative estimate of drug-likeness (QED) is 0.676. The zero-order valence-electron chi connectivity index (χ0n) is 14.9. The molecular formula is C17H34N2O3. The smallest absolute Gasteiger partial charge is 0.407 e. The summed E-state index contributed by atoms with van der Waals surface area (Å²) in [4.78, 5) is 11.8. The predicted molar refractivity (Wildman–Crippen MR) is 88.9 cm³/mol. The summed E-state index contributed by atoms with van der Waals surface area (Å²) in [5.74, 6) is 0. The van der Waals surface area contributed by atoms with Crippen molar-refractivity contribution in [3.63, 3.8) is 0 Å². The maximum atomic E-state index is 11.8. The van der Waals surface area contributed by atoms with Crippen molar-refractivity contribution in [2.75, 3.05) is 13.2 Å². The number of alkyl carbamates (subject to hydrolysis) is 1. The molecule has 0 spiro atoms. The van der Waals surface area contributed by atoms with E-state index < -0.39 is 5.60 Å². The number of nitrogens with one attached hydrogen (secondary N) is 2. The highest BCUT2D eigenvalue weighted by molar-refractivity contribution is 5.68. The Morgan fingerprint density at radius 2 is 1.77 bits per heavy atom. The van der Waals surface area contributed by atoms with Gasteiger partial charge in [0, 0.05) is 30.7 Å². The van der Waals surface area contributed by atoms with Gasteiger partial charge in [-0.25, -0.2) is 4.79 Å². The Morgan fingerprint density at radius 3 is 2.27 bits per heavy atom. The summed E-state index contributed by atoms with van der Waals surface area (Å²) in [5.41, 5.74) is -0.472. The van der Waals surface area contributed by atoms with Crippen LogP contribution >= 0.6 is 0 Å². The maximum Gasteiger partial charge on any atom is 0.407 e. The van der Waals surface area contributed by atoms with Crippen LogP contribution in [0.3, 0.4) is 0 Å². The molecule has 2 unspecified atom stereocenters. The molecule has 1 aliphatic rings. The molecule has 5 heteroatoms. The number of hydrogen-bond donors (Lipinski definition) is 3. The second-order valence-electron chi connectivity index (χ2n) is 7.60. The summed E-state index contributed by atoms with van der Waals surface area (Å²) in [6, 6.07) is 0.586. The first-order valence-electron chi connectivity index (χ1n) is 8.57. The summed E-state index contributed by atoms with van der Waals surface area (Å²) >= 11 is 0. The van der Waals surface area contributed by atoms with Gasteiger partial charge in [-0.3, -0.25) is 0 Å². The van der Waals surface area contributed by atoms with E-state index in [1.807, 2.05) is 20.8 Å². The molecule has 5 nitrogen and oxygen atoms in total. The van der Waals surface area contributed by atoms with Crippen LogP contribution < -0.4 is 10.6 Å². The van der Waals surface area contributed by atoms with Crippen molar-refractivity contribution in [3.05, 3.63) is 0 Å². The zero-order chi connectivity index (χ0) is 16.8. The zero-order valence-corrected chi connectivity index (χ0v) is 14.9. The first-order chi connectivity index (χ1) is 10.2. The van der Waals surface area contributed by atoms with Crippen LogP contribution in [0.15, 0.2) is 0 Å². The minimum atomic E-state index is -0.455. The lowest BCUT2D eigenvalue weighted by Crippen LogP contribution is -2.42. The highest BCUT2D eigenvalue weighted by Crippen LogP contribution is 2.26. The Bertz CT molecular complexity index is 340. The Labute approximate surface area is 135 Å². The fraction of sp³-hybridized carbons (Fsp3) is 0.941. The third-order valence-corrected chi connectivity index (χ3v) is 4.75. The van der Waals surface area contributed by atoms with Crippen molar-refractivity contribution in [2.24, 2.45) is 5.41 Å². The van der Waals surface area contributed by atoms with Gasteiger partial charge >= 0.3 is 6.09 Å². The maximum absolute atomic E-state index is 11.8. The molecule has 1 amide bonds. The van der Waals surface area contributed by atoms with E-state index in [1.54, 1.807) is 0 Å². The van der Waals surface area contributed by atoms with E-state index in [0.29, 0.717) is 6.04 Å².